The van der Waals surface area contributed by atoms with Crippen molar-refractivity contribution in [3.8, 4) is 0 Å². The molecule has 4 heteroatoms. The van der Waals surface area contributed by atoms with Crippen molar-refractivity contribution in [1.29, 1.82) is 0 Å². The Kier molecular flexibility index (Phi) is 2.80. The first-order chi connectivity index (χ1) is 6.34. The highest BCUT2D eigenvalue weighted by Crippen LogP contribution is 2.09. The van der Waals surface area contributed by atoms with Crippen LogP contribution in [0.1, 0.15) is 6.42 Å². The van der Waals surface area contributed by atoms with Gasteiger partial charge in [0.05, 0.1) is 6.54 Å². The summed E-state index contributed by atoms with van der Waals surface area (Å²) in [5.41, 5.74) is 0. The summed E-state index contributed by atoms with van der Waals surface area (Å²) in [5, 5.41) is 6.09. The van der Waals surface area contributed by atoms with E-state index in [2.05, 4.69) is 15.5 Å². The SMILES string of the molecule is O=C1CN(CCC2CNC2)CCN1. The van der Waals surface area contributed by atoms with Crippen LogP contribution in [0, 0.1) is 5.92 Å². The van der Waals surface area contributed by atoms with E-state index in [9.17, 15) is 4.79 Å². The molecule has 1 amide bonds. The van der Waals surface area contributed by atoms with E-state index in [0.29, 0.717) is 6.54 Å². The fourth-order valence-electron chi connectivity index (χ4n) is 1.80. The van der Waals surface area contributed by atoms with Gasteiger partial charge in [-0.2, -0.15) is 0 Å². The van der Waals surface area contributed by atoms with Crippen LogP contribution in [0.5, 0.6) is 0 Å². The van der Waals surface area contributed by atoms with Gasteiger partial charge in [-0.1, -0.05) is 0 Å². The Morgan fingerprint density at radius 2 is 2.31 bits per heavy atom. The molecule has 2 heterocycles. The first kappa shape index (κ1) is 8.97. The molecule has 2 saturated heterocycles. The predicted molar refractivity (Wildman–Crippen MR) is 50.4 cm³/mol. The molecular weight excluding hydrogens is 166 g/mol. The normalized spacial score (nSPS) is 25.4. The molecular formula is C9H17N3O. The van der Waals surface area contributed by atoms with Crippen molar-refractivity contribution in [1.82, 2.24) is 15.5 Å². The Morgan fingerprint density at radius 3 is 2.92 bits per heavy atom. The minimum Gasteiger partial charge on any atom is -0.354 e. The maximum absolute atomic E-state index is 11.0. The van der Waals surface area contributed by atoms with Crippen molar-refractivity contribution < 1.29 is 4.79 Å². The number of carbonyl (C=O) groups excluding carboxylic acids is 1. The van der Waals surface area contributed by atoms with Crippen molar-refractivity contribution in [2.45, 2.75) is 6.42 Å². The van der Waals surface area contributed by atoms with E-state index in [4.69, 9.17) is 0 Å². The Labute approximate surface area is 78.7 Å². The lowest BCUT2D eigenvalue weighted by molar-refractivity contribution is -0.124. The number of rotatable bonds is 3. The summed E-state index contributed by atoms with van der Waals surface area (Å²) in [5.74, 6) is 1.03. The third kappa shape index (κ3) is 2.42. The Hall–Kier alpha value is -0.610. The van der Waals surface area contributed by atoms with Crippen molar-refractivity contribution >= 4 is 5.91 Å². The lowest BCUT2D eigenvalue weighted by Crippen LogP contribution is -2.49. The molecule has 13 heavy (non-hydrogen) atoms. The topological polar surface area (TPSA) is 44.4 Å². The van der Waals surface area contributed by atoms with Crippen molar-refractivity contribution in [3.63, 3.8) is 0 Å². The molecule has 0 aromatic heterocycles. The van der Waals surface area contributed by atoms with E-state index in [-0.39, 0.29) is 5.91 Å². The standard InChI is InChI=1S/C9H17N3O/c13-9-7-12(4-2-11-9)3-1-8-5-10-6-8/h8,10H,1-7H2,(H,11,13). The van der Waals surface area contributed by atoms with E-state index in [1.54, 1.807) is 0 Å². The predicted octanol–water partition coefficient (Wildman–Crippen LogP) is -0.972. The zero-order valence-corrected chi connectivity index (χ0v) is 7.88. The second-order valence-corrected chi connectivity index (χ2v) is 3.94. The van der Waals surface area contributed by atoms with E-state index in [0.717, 1.165) is 25.6 Å². The minimum atomic E-state index is 0.179. The smallest absolute Gasteiger partial charge is 0.234 e. The van der Waals surface area contributed by atoms with Crippen LogP contribution in [-0.4, -0.2) is 50.1 Å². The van der Waals surface area contributed by atoms with Crippen LogP contribution in [0.15, 0.2) is 0 Å². The summed E-state index contributed by atoms with van der Waals surface area (Å²) in [6.45, 7) is 5.85. The minimum absolute atomic E-state index is 0.179. The van der Waals surface area contributed by atoms with Crippen molar-refractivity contribution in [2.24, 2.45) is 5.92 Å². The highest BCUT2D eigenvalue weighted by Gasteiger charge is 2.20. The number of hydrogen-bond acceptors (Lipinski definition) is 3. The van der Waals surface area contributed by atoms with Crippen LogP contribution >= 0.6 is 0 Å². The zero-order valence-electron chi connectivity index (χ0n) is 7.88. The number of carbonyl (C=O) groups is 1. The van der Waals surface area contributed by atoms with Gasteiger partial charge in [0.15, 0.2) is 0 Å². The van der Waals surface area contributed by atoms with Crippen LogP contribution < -0.4 is 10.6 Å². The maximum atomic E-state index is 11.0. The van der Waals surface area contributed by atoms with Crippen LogP contribution in [0.4, 0.5) is 0 Å². The molecule has 0 atom stereocenters. The Bertz CT molecular complexity index is 191. The van der Waals surface area contributed by atoms with E-state index >= 15 is 0 Å². The number of nitrogens with one attached hydrogen (secondary N) is 2. The molecule has 4 nitrogen and oxygen atoms in total. The molecule has 0 aromatic rings. The van der Waals surface area contributed by atoms with Gasteiger partial charge in [0, 0.05) is 13.1 Å². The van der Waals surface area contributed by atoms with Crippen LogP contribution in [0.2, 0.25) is 0 Å². The Balaban J connectivity index is 1.65. The molecule has 2 rings (SSSR count). The highest BCUT2D eigenvalue weighted by molar-refractivity contribution is 5.78. The largest absolute Gasteiger partial charge is 0.354 e. The van der Waals surface area contributed by atoms with Gasteiger partial charge in [0.1, 0.15) is 0 Å². The molecule has 2 N–H and O–H groups in total. The van der Waals surface area contributed by atoms with Crippen molar-refractivity contribution in [3.05, 3.63) is 0 Å². The fraction of sp³-hybridized carbons (Fsp3) is 0.889. The molecule has 0 bridgehead atoms. The lowest BCUT2D eigenvalue weighted by atomic mass is 9.99. The molecule has 74 valence electrons. The van der Waals surface area contributed by atoms with E-state index < -0.39 is 0 Å². The summed E-state index contributed by atoms with van der Waals surface area (Å²) < 4.78 is 0. The molecule has 0 aliphatic carbocycles. The fourth-order valence-corrected chi connectivity index (χ4v) is 1.80. The van der Waals surface area contributed by atoms with Crippen LogP contribution in [-0.2, 0) is 4.79 Å². The van der Waals surface area contributed by atoms with Crippen LogP contribution in [0.3, 0.4) is 0 Å². The summed E-state index contributed by atoms with van der Waals surface area (Å²) in [7, 11) is 0. The number of nitrogens with zero attached hydrogens (tertiary/aromatic N) is 1. The molecule has 0 aromatic carbocycles. The molecule has 0 unspecified atom stereocenters. The summed E-state index contributed by atoms with van der Waals surface area (Å²) in [4.78, 5) is 13.3. The maximum Gasteiger partial charge on any atom is 0.234 e. The van der Waals surface area contributed by atoms with Crippen LogP contribution in [0.25, 0.3) is 0 Å². The van der Waals surface area contributed by atoms with Gasteiger partial charge in [0.25, 0.3) is 0 Å². The number of piperazine rings is 1. The third-order valence-corrected chi connectivity index (χ3v) is 2.84. The second-order valence-electron chi connectivity index (χ2n) is 3.94. The average molecular weight is 183 g/mol. The van der Waals surface area contributed by atoms with E-state index in [1.165, 1.54) is 19.5 Å². The summed E-state index contributed by atoms with van der Waals surface area (Å²) in [6, 6.07) is 0. The number of hydrogen-bond donors (Lipinski definition) is 2. The van der Waals surface area contributed by atoms with Gasteiger partial charge >= 0.3 is 0 Å². The zero-order chi connectivity index (χ0) is 9.10. The van der Waals surface area contributed by atoms with Gasteiger partial charge in [-0.3, -0.25) is 9.69 Å². The summed E-state index contributed by atoms with van der Waals surface area (Å²) in [6.07, 6.45) is 1.24. The van der Waals surface area contributed by atoms with Gasteiger partial charge in [-0.05, 0) is 32.0 Å². The van der Waals surface area contributed by atoms with Gasteiger partial charge in [-0.15, -0.1) is 0 Å². The first-order valence-corrected chi connectivity index (χ1v) is 5.04. The molecule has 0 radical (unpaired) electrons. The average Bonchev–Trinajstić information content (AvgIpc) is 2.01. The summed E-state index contributed by atoms with van der Waals surface area (Å²) >= 11 is 0. The lowest BCUT2D eigenvalue weighted by Gasteiger charge is -2.31. The molecule has 0 spiro atoms. The van der Waals surface area contributed by atoms with Crippen molar-refractivity contribution in [2.75, 3.05) is 39.3 Å². The highest BCUT2D eigenvalue weighted by atomic mass is 16.2. The van der Waals surface area contributed by atoms with Gasteiger partial charge in [0.2, 0.25) is 5.91 Å². The van der Waals surface area contributed by atoms with Gasteiger partial charge < -0.3 is 10.6 Å². The second kappa shape index (κ2) is 4.07. The Morgan fingerprint density at radius 1 is 1.46 bits per heavy atom. The third-order valence-electron chi connectivity index (χ3n) is 2.84. The molecule has 0 saturated carbocycles. The van der Waals surface area contributed by atoms with Gasteiger partial charge in [-0.25, -0.2) is 0 Å². The number of amides is 1. The molecule has 2 aliphatic rings. The quantitative estimate of drug-likeness (QED) is 0.591. The monoisotopic (exact) mass is 183 g/mol. The first-order valence-electron chi connectivity index (χ1n) is 5.04. The van der Waals surface area contributed by atoms with E-state index in [1.807, 2.05) is 0 Å². The molecule has 2 aliphatic heterocycles. The molecule has 2 fully saturated rings.